The summed E-state index contributed by atoms with van der Waals surface area (Å²) < 4.78 is 44.8. The van der Waals surface area contributed by atoms with Crippen LogP contribution >= 0.6 is 0 Å². The Balaban J connectivity index is 1.54. The smallest absolute Gasteiger partial charge is 0.228 e. The summed E-state index contributed by atoms with van der Waals surface area (Å²) in [5, 5.41) is 0.0512. The molecule has 3 aromatic carbocycles. The van der Waals surface area contributed by atoms with E-state index in [1.54, 1.807) is 22.8 Å². The van der Waals surface area contributed by atoms with Crippen molar-refractivity contribution in [1.29, 1.82) is 0 Å². The Labute approximate surface area is 168 Å². The summed E-state index contributed by atoms with van der Waals surface area (Å²) in [5.74, 6) is 0.399. The molecular weight excluding hydrogens is 391 g/mol. The van der Waals surface area contributed by atoms with Gasteiger partial charge in [0.2, 0.25) is 15.0 Å². The molecular formula is C22H19FN2O3S. The number of aromatic nitrogens is 2. The van der Waals surface area contributed by atoms with E-state index in [4.69, 9.17) is 4.74 Å². The first kappa shape index (κ1) is 19.1. The second kappa shape index (κ2) is 7.67. The molecule has 4 aromatic rings. The maximum atomic E-state index is 13.0. The maximum Gasteiger partial charge on any atom is 0.228 e. The predicted molar refractivity (Wildman–Crippen MR) is 109 cm³/mol. The zero-order chi connectivity index (χ0) is 20.4. The van der Waals surface area contributed by atoms with Gasteiger partial charge in [-0.3, -0.25) is 0 Å². The average molecular weight is 410 g/mol. The van der Waals surface area contributed by atoms with E-state index >= 15 is 0 Å². The first-order valence-corrected chi connectivity index (χ1v) is 10.9. The van der Waals surface area contributed by atoms with Crippen molar-refractivity contribution in [3.8, 4) is 5.75 Å². The molecule has 1 heterocycles. The Hall–Kier alpha value is -3.19. The van der Waals surface area contributed by atoms with Crippen molar-refractivity contribution in [2.75, 3.05) is 6.26 Å². The van der Waals surface area contributed by atoms with E-state index in [1.165, 1.54) is 12.1 Å². The molecule has 5 nitrogen and oxygen atoms in total. The zero-order valence-corrected chi connectivity index (χ0v) is 16.6. The molecule has 0 unspecified atom stereocenters. The topological polar surface area (TPSA) is 61.2 Å². The van der Waals surface area contributed by atoms with E-state index in [1.807, 2.05) is 42.5 Å². The number of sulfone groups is 1. The van der Waals surface area contributed by atoms with Gasteiger partial charge in [0.25, 0.3) is 0 Å². The fourth-order valence-electron chi connectivity index (χ4n) is 3.11. The lowest BCUT2D eigenvalue weighted by Gasteiger charge is -2.10. The normalized spacial score (nSPS) is 11.7. The average Bonchev–Trinajstić information content (AvgIpc) is 3.08. The summed E-state index contributed by atoms with van der Waals surface area (Å²) in [6.45, 7) is 0.713. The van der Waals surface area contributed by atoms with Gasteiger partial charge < -0.3 is 9.30 Å². The molecule has 0 spiro atoms. The minimum atomic E-state index is -3.47. The summed E-state index contributed by atoms with van der Waals surface area (Å²) >= 11 is 0. The SMILES string of the molecule is CS(=O)(=O)c1nc2ccccc2n1Cc1ccc(OCc2ccc(F)cc2)cc1. The maximum absolute atomic E-state index is 13.0. The highest BCUT2D eigenvalue weighted by molar-refractivity contribution is 7.90. The Morgan fingerprint density at radius 1 is 0.931 bits per heavy atom. The number of nitrogens with zero attached hydrogens (tertiary/aromatic N) is 2. The van der Waals surface area contributed by atoms with Crippen molar-refractivity contribution in [1.82, 2.24) is 9.55 Å². The molecule has 7 heteroatoms. The molecule has 1 aromatic heterocycles. The van der Waals surface area contributed by atoms with Crippen LogP contribution in [0.15, 0.2) is 78.0 Å². The van der Waals surface area contributed by atoms with E-state index < -0.39 is 9.84 Å². The number of hydrogen-bond donors (Lipinski definition) is 0. The third-order valence-electron chi connectivity index (χ3n) is 4.53. The first-order chi connectivity index (χ1) is 13.9. The van der Waals surface area contributed by atoms with E-state index in [0.29, 0.717) is 24.4 Å². The van der Waals surface area contributed by atoms with E-state index in [9.17, 15) is 12.8 Å². The fourth-order valence-corrected chi connectivity index (χ4v) is 3.94. The van der Waals surface area contributed by atoms with Gasteiger partial charge >= 0.3 is 0 Å². The second-order valence-electron chi connectivity index (χ2n) is 6.80. The lowest BCUT2D eigenvalue weighted by atomic mass is 10.2. The van der Waals surface area contributed by atoms with Crippen molar-refractivity contribution in [3.05, 3.63) is 89.7 Å². The molecule has 0 aliphatic heterocycles. The quantitative estimate of drug-likeness (QED) is 0.478. The largest absolute Gasteiger partial charge is 0.489 e. The number of rotatable bonds is 6. The van der Waals surface area contributed by atoms with Gasteiger partial charge in [0.05, 0.1) is 17.6 Å². The standard InChI is InChI=1S/C22H19FN2O3S/c1-29(26,27)22-24-20-4-2-3-5-21(20)25(22)14-16-8-12-19(13-9-16)28-15-17-6-10-18(23)11-7-17/h2-13H,14-15H2,1H3. The third kappa shape index (κ3) is 4.30. The van der Waals surface area contributed by atoms with Gasteiger partial charge in [-0.25, -0.2) is 17.8 Å². The molecule has 29 heavy (non-hydrogen) atoms. The Morgan fingerprint density at radius 2 is 1.59 bits per heavy atom. The molecule has 148 valence electrons. The second-order valence-corrected chi connectivity index (χ2v) is 8.71. The molecule has 0 bridgehead atoms. The number of ether oxygens (including phenoxy) is 1. The number of halogens is 1. The Kier molecular flexibility index (Phi) is 5.07. The van der Waals surface area contributed by atoms with Crippen molar-refractivity contribution < 1.29 is 17.5 Å². The summed E-state index contributed by atoms with van der Waals surface area (Å²) in [4.78, 5) is 4.29. The number of imidazole rings is 1. The summed E-state index contributed by atoms with van der Waals surface area (Å²) in [6, 6.07) is 21.0. The van der Waals surface area contributed by atoms with E-state index in [-0.39, 0.29) is 11.0 Å². The first-order valence-electron chi connectivity index (χ1n) is 9.02. The highest BCUT2D eigenvalue weighted by Gasteiger charge is 2.19. The van der Waals surface area contributed by atoms with Gasteiger partial charge in [-0.15, -0.1) is 0 Å². The summed E-state index contributed by atoms with van der Waals surface area (Å²) in [5.41, 5.74) is 3.21. The van der Waals surface area contributed by atoms with Gasteiger partial charge in [0, 0.05) is 6.26 Å². The van der Waals surface area contributed by atoms with Crippen molar-refractivity contribution >= 4 is 20.9 Å². The van der Waals surface area contributed by atoms with E-state index in [2.05, 4.69) is 4.98 Å². The zero-order valence-electron chi connectivity index (χ0n) is 15.7. The van der Waals surface area contributed by atoms with Crippen LogP contribution in [-0.2, 0) is 23.0 Å². The minimum absolute atomic E-state index is 0.0512. The molecule has 0 saturated heterocycles. The molecule has 4 rings (SSSR count). The van der Waals surface area contributed by atoms with Crippen LogP contribution in [0.25, 0.3) is 11.0 Å². The molecule has 0 atom stereocenters. The minimum Gasteiger partial charge on any atom is -0.489 e. The van der Waals surface area contributed by atoms with Crippen LogP contribution in [0.5, 0.6) is 5.75 Å². The van der Waals surface area contributed by atoms with Crippen molar-refractivity contribution in [2.24, 2.45) is 0 Å². The monoisotopic (exact) mass is 410 g/mol. The molecule has 0 saturated carbocycles. The molecule has 0 radical (unpaired) electrons. The molecule has 0 fully saturated rings. The van der Waals surface area contributed by atoms with Crippen LogP contribution in [0.1, 0.15) is 11.1 Å². The number of benzene rings is 3. The van der Waals surface area contributed by atoms with Gasteiger partial charge in [-0.2, -0.15) is 0 Å². The van der Waals surface area contributed by atoms with Gasteiger partial charge in [0.1, 0.15) is 18.2 Å². The van der Waals surface area contributed by atoms with Crippen LogP contribution in [0.2, 0.25) is 0 Å². The van der Waals surface area contributed by atoms with Crippen molar-refractivity contribution in [3.63, 3.8) is 0 Å². The number of para-hydroxylation sites is 2. The van der Waals surface area contributed by atoms with Gasteiger partial charge in [0.15, 0.2) is 0 Å². The van der Waals surface area contributed by atoms with Crippen LogP contribution < -0.4 is 4.74 Å². The van der Waals surface area contributed by atoms with Crippen LogP contribution in [0, 0.1) is 5.82 Å². The van der Waals surface area contributed by atoms with Gasteiger partial charge in [-0.1, -0.05) is 36.4 Å². The number of hydrogen-bond acceptors (Lipinski definition) is 4. The molecule has 0 N–H and O–H groups in total. The van der Waals surface area contributed by atoms with Gasteiger partial charge in [-0.05, 0) is 47.5 Å². The predicted octanol–water partition coefficient (Wildman–Crippen LogP) is 4.21. The summed E-state index contributed by atoms with van der Waals surface area (Å²) in [6.07, 6.45) is 1.16. The summed E-state index contributed by atoms with van der Waals surface area (Å²) in [7, 11) is -3.47. The lowest BCUT2D eigenvalue weighted by molar-refractivity contribution is 0.306. The molecule has 0 aliphatic rings. The van der Waals surface area contributed by atoms with E-state index in [0.717, 1.165) is 22.9 Å². The lowest BCUT2D eigenvalue weighted by Crippen LogP contribution is -2.10. The van der Waals surface area contributed by atoms with Crippen LogP contribution in [0.3, 0.4) is 0 Å². The molecule has 0 aliphatic carbocycles. The Bertz CT molecular complexity index is 1250. The van der Waals surface area contributed by atoms with Crippen LogP contribution in [0.4, 0.5) is 4.39 Å². The number of fused-ring (bicyclic) bond motifs is 1. The fraction of sp³-hybridized carbons (Fsp3) is 0.136. The Morgan fingerprint density at radius 3 is 2.28 bits per heavy atom. The molecule has 0 amide bonds. The third-order valence-corrected chi connectivity index (χ3v) is 5.51. The van der Waals surface area contributed by atoms with Crippen LogP contribution in [-0.4, -0.2) is 24.2 Å². The van der Waals surface area contributed by atoms with Crippen molar-refractivity contribution in [2.45, 2.75) is 18.3 Å². The highest BCUT2D eigenvalue weighted by atomic mass is 32.2. The highest BCUT2D eigenvalue weighted by Crippen LogP contribution is 2.22.